The molecule has 0 fully saturated rings. The maximum atomic E-state index is 12.8. The molecule has 0 unspecified atom stereocenters. The Bertz CT molecular complexity index is 985. The predicted octanol–water partition coefficient (Wildman–Crippen LogP) is 5.03. The summed E-state index contributed by atoms with van der Waals surface area (Å²) in [5.74, 6) is 0. The van der Waals surface area contributed by atoms with Crippen LogP contribution in [0.25, 0.3) is 15.9 Å². The monoisotopic (exact) mass is 356 g/mol. The molecule has 0 aliphatic heterocycles. The molecule has 0 radical (unpaired) electrons. The minimum absolute atomic E-state index is 0.167. The Labute approximate surface area is 139 Å². The highest BCUT2D eigenvalue weighted by Gasteiger charge is 2.15. The first-order valence-corrected chi connectivity index (χ1v) is 8.08. The van der Waals surface area contributed by atoms with Gasteiger partial charge in [-0.3, -0.25) is 9.36 Å². The maximum absolute atomic E-state index is 12.8. The largest absolute Gasteiger partial charge is 0.323 e. The van der Waals surface area contributed by atoms with Crippen LogP contribution in [0.5, 0.6) is 0 Å². The molecule has 2 heterocycles. The fourth-order valence-electron chi connectivity index (χ4n) is 2.21. The van der Waals surface area contributed by atoms with E-state index < -0.39 is 0 Å². The number of aromatic nitrogens is 2. The fraction of sp³-hybridized carbons (Fsp3) is 0.143. The summed E-state index contributed by atoms with van der Waals surface area (Å²) in [6.45, 7) is 3.91. The number of rotatable bonds is 1. The summed E-state index contributed by atoms with van der Waals surface area (Å²) >= 11 is 19.0. The van der Waals surface area contributed by atoms with Gasteiger partial charge in [-0.2, -0.15) is 0 Å². The summed E-state index contributed by atoms with van der Waals surface area (Å²) in [6.07, 6.45) is 0. The first-order valence-electron chi connectivity index (χ1n) is 6.10. The average molecular weight is 357 g/mol. The van der Waals surface area contributed by atoms with Crippen LogP contribution in [0.4, 0.5) is 0 Å². The molecular formula is C14H10Cl2N2OS2. The van der Waals surface area contributed by atoms with E-state index in [0.29, 0.717) is 25.9 Å². The molecule has 0 aliphatic rings. The standard InChI is InChI=1S/C14H10Cl2N2OS2/c1-6-7(2)21-12-11(6)13(19)18(14(20)17-12)10-4-3-8(15)5-9(10)16/h3-5H,1-2H3,(H,17,20). The Kier molecular flexibility index (Phi) is 3.69. The normalized spacial score (nSPS) is 11.2. The lowest BCUT2D eigenvalue weighted by Crippen LogP contribution is -2.20. The van der Waals surface area contributed by atoms with Crippen molar-refractivity contribution in [1.82, 2.24) is 9.55 Å². The highest BCUT2D eigenvalue weighted by atomic mass is 35.5. The van der Waals surface area contributed by atoms with Gasteiger partial charge in [0.05, 0.1) is 16.1 Å². The first-order chi connectivity index (χ1) is 9.90. The lowest BCUT2D eigenvalue weighted by molar-refractivity contribution is 0.942. The Morgan fingerprint density at radius 2 is 2.00 bits per heavy atom. The molecule has 108 valence electrons. The number of aromatic amines is 1. The lowest BCUT2D eigenvalue weighted by atomic mass is 10.2. The van der Waals surface area contributed by atoms with Crippen LogP contribution < -0.4 is 5.56 Å². The molecular weight excluding hydrogens is 347 g/mol. The summed E-state index contributed by atoms with van der Waals surface area (Å²) in [7, 11) is 0. The number of fused-ring (bicyclic) bond motifs is 1. The van der Waals surface area contributed by atoms with Crippen molar-refractivity contribution in [3.8, 4) is 5.69 Å². The second kappa shape index (κ2) is 5.25. The summed E-state index contributed by atoms with van der Waals surface area (Å²) in [5.41, 5.74) is 1.32. The van der Waals surface area contributed by atoms with Gasteiger partial charge in [0.25, 0.3) is 5.56 Å². The highest BCUT2D eigenvalue weighted by molar-refractivity contribution is 7.71. The lowest BCUT2D eigenvalue weighted by Gasteiger charge is -2.09. The van der Waals surface area contributed by atoms with Crippen LogP contribution in [-0.4, -0.2) is 9.55 Å². The third-order valence-electron chi connectivity index (χ3n) is 3.38. The van der Waals surface area contributed by atoms with Gasteiger partial charge in [0.15, 0.2) is 4.77 Å². The molecule has 0 atom stereocenters. The number of hydrogen-bond donors (Lipinski definition) is 1. The quantitative estimate of drug-likeness (QED) is 0.620. The van der Waals surface area contributed by atoms with E-state index in [0.717, 1.165) is 15.3 Å². The molecule has 0 saturated carbocycles. The molecule has 0 spiro atoms. The molecule has 3 rings (SSSR count). The van der Waals surface area contributed by atoms with E-state index in [1.807, 2.05) is 13.8 Å². The van der Waals surface area contributed by atoms with Crippen molar-refractivity contribution in [3.05, 3.63) is 53.8 Å². The summed E-state index contributed by atoms with van der Waals surface area (Å²) in [4.78, 5) is 17.8. The van der Waals surface area contributed by atoms with Crippen molar-refractivity contribution in [1.29, 1.82) is 0 Å². The Morgan fingerprint density at radius 3 is 2.67 bits per heavy atom. The van der Waals surface area contributed by atoms with Gasteiger partial charge in [0.1, 0.15) is 4.83 Å². The fourth-order valence-corrected chi connectivity index (χ4v) is 4.10. The zero-order chi connectivity index (χ0) is 15.3. The number of hydrogen-bond acceptors (Lipinski definition) is 3. The van der Waals surface area contributed by atoms with Gasteiger partial charge in [-0.1, -0.05) is 23.2 Å². The number of benzene rings is 1. The van der Waals surface area contributed by atoms with Crippen molar-refractivity contribution in [3.63, 3.8) is 0 Å². The second-order valence-electron chi connectivity index (χ2n) is 4.65. The molecule has 3 aromatic rings. The van der Waals surface area contributed by atoms with E-state index in [2.05, 4.69) is 4.98 Å². The highest BCUT2D eigenvalue weighted by Crippen LogP contribution is 2.28. The molecule has 1 aromatic carbocycles. The molecule has 1 N–H and O–H groups in total. The van der Waals surface area contributed by atoms with Crippen molar-refractivity contribution in [2.75, 3.05) is 0 Å². The van der Waals surface area contributed by atoms with Crippen LogP contribution in [0.3, 0.4) is 0 Å². The molecule has 2 aromatic heterocycles. The number of H-pyrrole nitrogens is 1. The van der Waals surface area contributed by atoms with E-state index in [1.165, 1.54) is 15.9 Å². The number of thiophene rings is 1. The summed E-state index contributed by atoms with van der Waals surface area (Å²) in [5, 5.41) is 1.54. The van der Waals surface area contributed by atoms with Crippen molar-refractivity contribution < 1.29 is 0 Å². The van der Waals surface area contributed by atoms with Gasteiger partial charge >= 0.3 is 0 Å². The van der Waals surface area contributed by atoms with Gasteiger partial charge in [0, 0.05) is 9.90 Å². The van der Waals surface area contributed by atoms with Crippen molar-refractivity contribution in [2.24, 2.45) is 0 Å². The van der Waals surface area contributed by atoms with Crippen LogP contribution in [-0.2, 0) is 0 Å². The molecule has 0 amide bonds. The van der Waals surface area contributed by atoms with Crippen LogP contribution >= 0.6 is 46.8 Å². The summed E-state index contributed by atoms with van der Waals surface area (Å²) < 4.78 is 1.73. The Balaban J connectivity index is 2.46. The van der Waals surface area contributed by atoms with Crippen LogP contribution in [0.15, 0.2) is 23.0 Å². The molecule has 0 bridgehead atoms. The van der Waals surface area contributed by atoms with Crippen molar-refractivity contribution in [2.45, 2.75) is 13.8 Å². The molecule has 0 saturated heterocycles. The second-order valence-corrected chi connectivity index (χ2v) is 7.11. The number of nitrogens with one attached hydrogen (secondary N) is 1. The summed E-state index contributed by atoms with van der Waals surface area (Å²) in [6, 6.07) is 4.96. The zero-order valence-corrected chi connectivity index (χ0v) is 14.3. The van der Waals surface area contributed by atoms with Crippen LogP contribution in [0.2, 0.25) is 10.0 Å². The van der Waals surface area contributed by atoms with Gasteiger partial charge < -0.3 is 4.98 Å². The number of halogens is 2. The van der Waals surface area contributed by atoms with E-state index in [9.17, 15) is 4.79 Å². The van der Waals surface area contributed by atoms with Crippen molar-refractivity contribution >= 4 is 57.0 Å². The number of nitrogens with zero attached hydrogens (tertiary/aromatic N) is 1. The zero-order valence-electron chi connectivity index (χ0n) is 11.2. The third kappa shape index (κ3) is 2.34. The van der Waals surface area contributed by atoms with Gasteiger partial charge in [-0.25, -0.2) is 0 Å². The van der Waals surface area contributed by atoms with Gasteiger partial charge in [0.2, 0.25) is 0 Å². The molecule has 3 nitrogen and oxygen atoms in total. The van der Waals surface area contributed by atoms with E-state index in [4.69, 9.17) is 35.4 Å². The SMILES string of the molecule is Cc1sc2[nH]c(=S)n(-c3ccc(Cl)cc3Cl)c(=O)c2c1C. The minimum Gasteiger partial charge on any atom is -0.323 e. The van der Waals surface area contributed by atoms with E-state index in [1.54, 1.807) is 18.2 Å². The minimum atomic E-state index is -0.167. The predicted molar refractivity (Wildman–Crippen MR) is 92.1 cm³/mol. The topological polar surface area (TPSA) is 37.8 Å². The van der Waals surface area contributed by atoms with E-state index in [-0.39, 0.29) is 5.56 Å². The smallest absolute Gasteiger partial charge is 0.267 e. The van der Waals surface area contributed by atoms with E-state index >= 15 is 0 Å². The Morgan fingerprint density at radius 1 is 1.29 bits per heavy atom. The van der Waals surface area contributed by atoms with Gasteiger partial charge in [-0.15, -0.1) is 11.3 Å². The van der Waals surface area contributed by atoms with Crippen LogP contribution in [0.1, 0.15) is 10.4 Å². The van der Waals surface area contributed by atoms with Crippen LogP contribution in [0, 0.1) is 18.6 Å². The average Bonchev–Trinajstić information content (AvgIpc) is 2.67. The molecule has 21 heavy (non-hydrogen) atoms. The molecule has 0 aliphatic carbocycles. The third-order valence-corrected chi connectivity index (χ3v) is 5.32. The number of aryl methyl sites for hydroxylation is 2. The molecule has 7 heteroatoms. The maximum Gasteiger partial charge on any atom is 0.267 e. The first kappa shape index (κ1) is 14.8. The van der Waals surface area contributed by atoms with Gasteiger partial charge in [-0.05, 0) is 49.8 Å². The Hall–Kier alpha value is -1.14.